The summed E-state index contributed by atoms with van der Waals surface area (Å²) in [6.07, 6.45) is -0.726. The second-order valence-corrected chi connectivity index (χ2v) is 5.38. The van der Waals surface area contributed by atoms with Crippen LogP contribution in [0.25, 0.3) is 0 Å². The van der Waals surface area contributed by atoms with Crippen LogP contribution in [0.5, 0.6) is 5.75 Å². The van der Waals surface area contributed by atoms with Crippen molar-refractivity contribution in [3.05, 3.63) is 63.7 Å². The minimum absolute atomic E-state index is 0.0781. The number of non-ortho nitro benzene ring substituents is 1. The molecule has 120 valence electrons. The number of nitrogens with one attached hydrogen (secondary N) is 1. The Balaban J connectivity index is 2.05. The Morgan fingerprint density at radius 2 is 1.83 bits per heavy atom. The molecular formula is C17H18N2O4. The first-order valence-electron chi connectivity index (χ1n) is 7.15. The number of ether oxygens (including phenoxy) is 1. The Labute approximate surface area is 134 Å². The third-order valence-electron chi connectivity index (χ3n) is 3.20. The first-order valence-corrected chi connectivity index (χ1v) is 7.15. The quantitative estimate of drug-likeness (QED) is 0.675. The van der Waals surface area contributed by atoms with E-state index in [4.69, 9.17) is 4.74 Å². The average Bonchev–Trinajstić information content (AvgIpc) is 2.46. The Morgan fingerprint density at radius 3 is 2.43 bits per heavy atom. The molecule has 0 aromatic heterocycles. The van der Waals surface area contributed by atoms with Crippen LogP contribution in [-0.2, 0) is 4.79 Å². The molecule has 0 saturated carbocycles. The molecule has 0 spiro atoms. The van der Waals surface area contributed by atoms with E-state index in [1.807, 2.05) is 32.0 Å². The number of amides is 1. The van der Waals surface area contributed by atoms with Crippen molar-refractivity contribution in [3.63, 3.8) is 0 Å². The molecule has 0 fully saturated rings. The topological polar surface area (TPSA) is 81.5 Å². The summed E-state index contributed by atoms with van der Waals surface area (Å²) in [7, 11) is 0. The Bertz CT molecular complexity index is 723. The van der Waals surface area contributed by atoms with Gasteiger partial charge in [0.2, 0.25) is 0 Å². The van der Waals surface area contributed by atoms with E-state index in [9.17, 15) is 14.9 Å². The third-order valence-corrected chi connectivity index (χ3v) is 3.20. The summed E-state index contributed by atoms with van der Waals surface area (Å²) >= 11 is 0. The molecule has 2 aromatic rings. The summed E-state index contributed by atoms with van der Waals surface area (Å²) in [4.78, 5) is 22.4. The summed E-state index contributed by atoms with van der Waals surface area (Å²) in [5.74, 6) is 0.244. The van der Waals surface area contributed by atoms with Crippen LogP contribution >= 0.6 is 0 Å². The zero-order chi connectivity index (χ0) is 17.0. The number of benzene rings is 2. The maximum Gasteiger partial charge on any atom is 0.271 e. The smallest absolute Gasteiger partial charge is 0.271 e. The Morgan fingerprint density at radius 1 is 1.17 bits per heavy atom. The van der Waals surface area contributed by atoms with Gasteiger partial charge in [-0.25, -0.2) is 0 Å². The van der Waals surface area contributed by atoms with Crippen molar-refractivity contribution >= 4 is 17.3 Å². The number of anilines is 1. The molecule has 1 N–H and O–H groups in total. The molecule has 6 heteroatoms. The molecule has 0 aliphatic rings. The van der Waals surface area contributed by atoms with Crippen LogP contribution in [0, 0.1) is 24.0 Å². The third kappa shape index (κ3) is 4.54. The van der Waals surface area contributed by atoms with E-state index in [-0.39, 0.29) is 11.6 Å². The highest BCUT2D eigenvalue weighted by molar-refractivity contribution is 5.94. The monoisotopic (exact) mass is 314 g/mol. The standard InChI is InChI=1S/C17H18N2O4/c1-11-7-12(2)9-16(8-11)23-13(3)17(20)18-14-5-4-6-15(10-14)19(21)22/h4-10,13H,1-3H3,(H,18,20). The minimum atomic E-state index is -0.726. The lowest BCUT2D eigenvalue weighted by Gasteiger charge is -2.15. The average molecular weight is 314 g/mol. The summed E-state index contributed by atoms with van der Waals surface area (Å²) in [6.45, 7) is 5.53. The molecule has 2 rings (SSSR count). The Kier molecular flexibility index (Phi) is 4.95. The molecule has 0 aliphatic carbocycles. The second kappa shape index (κ2) is 6.91. The van der Waals surface area contributed by atoms with Gasteiger partial charge in [0.15, 0.2) is 6.10 Å². The summed E-state index contributed by atoms with van der Waals surface area (Å²) < 4.78 is 5.64. The van der Waals surface area contributed by atoms with E-state index < -0.39 is 11.0 Å². The van der Waals surface area contributed by atoms with Crippen LogP contribution in [0.2, 0.25) is 0 Å². The molecule has 0 saturated heterocycles. The number of rotatable bonds is 5. The lowest BCUT2D eigenvalue weighted by molar-refractivity contribution is -0.384. The zero-order valence-corrected chi connectivity index (χ0v) is 13.2. The predicted octanol–water partition coefficient (Wildman–Crippen LogP) is 3.62. The van der Waals surface area contributed by atoms with E-state index in [1.165, 1.54) is 18.2 Å². The number of carbonyl (C=O) groups is 1. The van der Waals surface area contributed by atoms with Crippen molar-refractivity contribution in [2.24, 2.45) is 0 Å². The molecule has 0 bridgehead atoms. The Hall–Kier alpha value is -2.89. The number of hydrogen-bond donors (Lipinski definition) is 1. The fourth-order valence-corrected chi connectivity index (χ4v) is 2.20. The largest absolute Gasteiger partial charge is 0.481 e. The molecule has 23 heavy (non-hydrogen) atoms. The molecule has 0 heterocycles. The predicted molar refractivity (Wildman–Crippen MR) is 87.7 cm³/mol. The van der Waals surface area contributed by atoms with Crippen LogP contribution < -0.4 is 10.1 Å². The van der Waals surface area contributed by atoms with Crippen LogP contribution in [-0.4, -0.2) is 16.9 Å². The summed E-state index contributed by atoms with van der Waals surface area (Å²) in [5.41, 5.74) is 2.38. The van der Waals surface area contributed by atoms with Gasteiger partial charge in [0.1, 0.15) is 5.75 Å². The number of nitro groups is 1. The highest BCUT2D eigenvalue weighted by Crippen LogP contribution is 2.20. The van der Waals surface area contributed by atoms with Gasteiger partial charge < -0.3 is 10.1 Å². The maximum atomic E-state index is 12.2. The van der Waals surface area contributed by atoms with E-state index >= 15 is 0 Å². The van der Waals surface area contributed by atoms with Crippen molar-refractivity contribution in [1.82, 2.24) is 0 Å². The molecule has 1 unspecified atom stereocenters. The second-order valence-electron chi connectivity index (χ2n) is 5.38. The van der Waals surface area contributed by atoms with Gasteiger partial charge >= 0.3 is 0 Å². The van der Waals surface area contributed by atoms with Gasteiger partial charge in [-0.1, -0.05) is 12.1 Å². The normalized spacial score (nSPS) is 11.6. The van der Waals surface area contributed by atoms with Crippen LogP contribution in [0.4, 0.5) is 11.4 Å². The number of nitro benzene ring substituents is 1. The van der Waals surface area contributed by atoms with Gasteiger partial charge in [-0.05, 0) is 50.1 Å². The minimum Gasteiger partial charge on any atom is -0.481 e. The molecule has 0 radical (unpaired) electrons. The zero-order valence-electron chi connectivity index (χ0n) is 13.2. The molecule has 1 atom stereocenters. The van der Waals surface area contributed by atoms with Crippen molar-refractivity contribution in [3.8, 4) is 5.75 Å². The van der Waals surface area contributed by atoms with Gasteiger partial charge in [-0.3, -0.25) is 14.9 Å². The first-order chi connectivity index (χ1) is 10.8. The molecule has 2 aromatic carbocycles. The maximum absolute atomic E-state index is 12.2. The number of hydrogen-bond acceptors (Lipinski definition) is 4. The van der Waals surface area contributed by atoms with Crippen molar-refractivity contribution < 1.29 is 14.5 Å². The van der Waals surface area contributed by atoms with Crippen LogP contribution in [0.15, 0.2) is 42.5 Å². The van der Waals surface area contributed by atoms with E-state index in [0.717, 1.165) is 11.1 Å². The van der Waals surface area contributed by atoms with Gasteiger partial charge in [-0.2, -0.15) is 0 Å². The molecule has 1 amide bonds. The van der Waals surface area contributed by atoms with Crippen LogP contribution in [0.1, 0.15) is 18.1 Å². The number of carbonyl (C=O) groups excluding carboxylic acids is 1. The lowest BCUT2D eigenvalue weighted by Crippen LogP contribution is -2.30. The number of nitrogens with zero attached hydrogens (tertiary/aromatic N) is 1. The van der Waals surface area contributed by atoms with Gasteiger partial charge in [0.25, 0.3) is 11.6 Å². The van der Waals surface area contributed by atoms with Gasteiger partial charge in [0.05, 0.1) is 4.92 Å². The van der Waals surface area contributed by atoms with Crippen molar-refractivity contribution in [2.75, 3.05) is 5.32 Å². The fraction of sp³-hybridized carbons (Fsp3) is 0.235. The van der Waals surface area contributed by atoms with Crippen molar-refractivity contribution in [1.29, 1.82) is 0 Å². The molecule has 6 nitrogen and oxygen atoms in total. The highest BCUT2D eigenvalue weighted by Gasteiger charge is 2.16. The van der Waals surface area contributed by atoms with Crippen molar-refractivity contribution in [2.45, 2.75) is 26.9 Å². The first kappa shape index (κ1) is 16.5. The van der Waals surface area contributed by atoms with E-state index in [0.29, 0.717) is 11.4 Å². The lowest BCUT2D eigenvalue weighted by atomic mass is 10.1. The summed E-state index contributed by atoms with van der Waals surface area (Å²) in [5, 5.41) is 13.4. The summed E-state index contributed by atoms with van der Waals surface area (Å²) in [6, 6.07) is 11.5. The van der Waals surface area contributed by atoms with E-state index in [1.54, 1.807) is 13.0 Å². The SMILES string of the molecule is Cc1cc(C)cc(OC(C)C(=O)Nc2cccc([N+](=O)[O-])c2)c1. The van der Waals surface area contributed by atoms with Gasteiger partial charge in [0, 0.05) is 17.8 Å². The molecular weight excluding hydrogens is 296 g/mol. The van der Waals surface area contributed by atoms with E-state index in [2.05, 4.69) is 5.32 Å². The van der Waals surface area contributed by atoms with Crippen LogP contribution in [0.3, 0.4) is 0 Å². The fourth-order valence-electron chi connectivity index (χ4n) is 2.20. The highest BCUT2D eigenvalue weighted by atomic mass is 16.6. The van der Waals surface area contributed by atoms with Gasteiger partial charge in [-0.15, -0.1) is 0 Å². The molecule has 0 aliphatic heterocycles. The number of aryl methyl sites for hydroxylation is 2.